The van der Waals surface area contributed by atoms with Crippen molar-refractivity contribution in [2.24, 2.45) is 0 Å². The third-order valence-corrected chi connectivity index (χ3v) is 8.47. The van der Waals surface area contributed by atoms with Crippen LogP contribution in [0.1, 0.15) is 5.56 Å². The van der Waals surface area contributed by atoms with Crippen molar-refractivity contribution in [2.45, 2.75) is 0 Å². The Morgan fingerprint density at radius 1 is 0.535 bits per heavy atom. The van der Waals surface area contributed by atoms with E-state index in [4.69, 9.17) is 4.98 Å². The lowest BCUT2D eigenvalue weighted by molar-refractivity contribution is 1.11. The van der Waals surface area contributed by atoms with Crippen LogP contribution in [0.3, 0.4) is 0 Å². The minimum atomic E-state index is 0.613. The molecule has 0 fully saturated rings. The van der Waals surface area contributed by atoms with Crippen molar-refractivity contribution >= 4 is 49.7 Å². The molecule has 5 nitrogen and oxygen atoms in total. The molecule has 0 radical (unpaired) electrons. The fourth-order valence-electron chi connectivity index (χ4n) is 6.63. The summed E-state index contributed by atoms with van der Waals surface area (Å²) in [7, 11) is 0. The molecule has 3 heterocycles. The van der Waals surface area contributed by atoms with Crippen LogP contribution in [0.25, 0.3) is 72.2 Å². The van der Waals surface area contributed by atoms with Gasteiger partial charge < -0.3 is 4.57 Å². The summed E-state index contributed by atoms with van der Waals surface area (Å²) in [5.74, 6) is 0.840. The lowest BCUT2D eigenvalue weighted by atomic mass is 10.00. The van der Waals surface area contributed by atoms with E-state index in [1.165, 1.54) is 10.8 Å². The molecule has 0 aliphatic carbocycles. The van der Waals surface area contributed by atoms with E-state index in [9.17, 15) is 5.26 Å². The highest BCUT2D eigenvalue weighted by molar-refractivity contribution is 6.09. The molecule has 9 rings (SSSR count). The number of hydrogen-bond donors (Lipinski definition) is 0. The van der Waals surface area contributed by atoms with E-state index in [1.807, 2.05) is 24.3 Å². The molecule has 3 aromatic heterocycles. The van der Waals surface area contributed by atoms with Gasteiger partial charge in [-0.1, -0.05) is 72.8 Å². The van der Waals surface area contributed by atoms with E-state index < -0.39 is 0 Å². The van der Waals surface area contributed by atoms with E-state index in [0.717, 1.165) is 61.4 Å². The Balaban J connectivity index is 1.34. The highest BCUT2D eigenvalue weighted by Gasteiger charge is 2.20. The van der Waals surface area contributed by atoms with Gasteiger partial charge in [0.1, 0.15) is 0 Å². The predicted molar refractivity (Wildman–Crippen MR) is 174 cm³/mol. The number of nitriles is 1. The second-order valence-corrected chi connectivity index (χ2v) is 10.8. The molecule has 5 heteroatoms. The second-order valence-electron chi connectivity index (χ2n) is 10.8. The molecule has 0 aliphatic heterocycles. The number of imidazole rings is 2. The van der Waals surface area contributed by atoms with Crippen LogP contribution in [0.4, 0.5) is 0 Å². The monoisotopic (exact) mass is 549 g/mol. The Morgan fingerprint density at radius 2 is 1.19 bits per heavy atom. The molecule has 0 spiro atoms. The van der Waals surface area contributed by atoms with Gasteiger partial charge in [0, 0.05) is 22.0 Å². The van der Waals surface area contributed by atoms with Crippen molar-refractivity contribution in [1.82, 2.24) is 18.5 Å². The third-order valence-electron chi connectivity index (χ3n) is 8.47. The van der Waals surface area contributed by atoms with Gasteiger partial charge in [-0.15, -0.1) is 0 Å². The highest BCUT2D eigenvalue weighted by Crippen LogP contribution is 2.37. The first kappa shape index (κ1) is 23.6. The van der Waals surface area contributed by atoms with E-state index in [2.05, 4.69) is 135 Å². The first-order valence-corrected chi connectivity index (χ1v) is 14.3. The quantitative estimate of drug-likeness (QED) is 0.221. The summed E-state index contributed by atoms with van der Waals surface area (Å²) in [4.78, 5) is 5.09. The van der Waals surface area contributed by atoms with Gasteiger partial charge >= 0.3 is 0 Å². The summed E-state index contributed by atoms with van der Waals surface area (Å²) in [6.45, 7) is 0. The van der Waals surface area contributed by atoms with Gasteiger partial charge in [0.05, 0.1) is 50.4 Å². The summed E-state index contributed by atoms with van der Waals surface area (Å²) in [6.07, 6.45) is 0. The number of nitrogens with zero attached hydrogens (tertiary/aromatic N) is 5. The van der Waals surface area contributed by atoms with Crippen LogP contribution >= 0.6 is 0 Å². The predicted octanol–water partition coefficient (Wildman–Crippen LogP) is 9.07. The highest BCUT2D eigenvalue weighted by atomic mass is 15.2. The number of rotatable bonds is 3. The first-order valence-electron chi connectivity index (χ1n) is 14.3. The molecule has 200 valence electrons. The van der Waals surface area contributed by atoms with Crippen molar-refractivity contribution in [3.8, 4) is 28.6 Å². The maximum Gasteiger partial charge on any atom is 0.220 e. The van der Waals surface area contributed by atoms with Crippen molar-refractivity contribution < 1.29 is 0 Å². The number of aromatic nitrogens is 4. The number of para-hydroxylation sites is 6. The lowest BCUT2D eigenvalue weighted by Crippen LogP contribution is -2.00. The Bertz CT molecular complexity index is 2530. The van der Waals surface area contributed by atoms with Gasteiger partial charge in [-0.2, -0.15) is 5.26 Å². The van der Waals surface area contributed by atoms with Gasteiger partial charge in [0.2, 0.25) is 5.78 Å². The third kappa shape index (κ3) is 3.35. The lowest BCUT2D eigenvalue weighted by Gasteiger charge is -2.15. The zero-order valence-electron chi connectivity index (χ0n) is 23.0. The summed E-state index contributed by atoms with van der Waals surface area (Å²) < 4.78 is 6.77. The Labute approximate surface area is 246 Å². The van der Waals surface area contributed by atoms with Crippen molar-refractivity contribution in [1.29, 1.82) is 5.26 Å². The van der Waals surface area contributed by atoms with Crippen LogP contribution < -0.4 is 0 Å². The molecule has 0 aliphatic rings. The van der Waals surface area contributed by atoms with Gasteiger partial charge in [-0.3, -0.25) is 8.97 Å². The molecule has 0 saturated carbocycles. The number of fused-ring (bicyclic) bond motifs is 8. The van der Waals surface area contributed by atoms with Crippen LogP contribution in [0.5, 0.6) is 0 Å². The topological polar surface area (TPSA) is 50.9 Å². The molecular weight excluding hydrogens is 526 g/mol. The Hall–Kier alpha value is -6.12. The van der Waals surface area contributed by atoms with Crippen molar-refractivity contribution in [3.63, 3.8) is 0 Å². The smallest absolute Gasteiger partial charge is 0.220 e. The van der Waals surface area contributed by atoms with Gasteiger partial charge in [0.15, 0.2) is 0 Å². The second kappa shape index (κ2) is 8.94. The average molecular weight is 550 g/mol. The summed E-state index contributed by atoms with van der Waals surface area (Å²) in [5.41, 5.74) is 11.1. The van der Waals surface area contributed by atoms with Crippen molar-refractivity contribution in [2.75, 3.05) is 0 Å². The van der Waals surface area contributed by atoms with E-state index in [1.54, 1.807) is 0 Å². The molecule has 0 unspecified atom stereocenters. The average Bonchev–Trinajstić information content (AvgIpc) is 3.71. The number of benzene rings is 6. The fraction of sp³-hybridized carbons (Fsp3) is 0. The van der Waals surface area contributed by atoms with Gasteiger partial charge in [-0.25, -0.2) is 4.98 Å². The van der Waals surface area contributed by atoms with E-state index >= 15 is 0 Å². The zero-order chi connectivity index (χ0) is 28.5. The summed E-state index contributed by atoms with van der Waals surface area (Å²) in [5, 5.41) is 12.4. The van der Waals surface area contributed by atoms with Crippen LogP contribution in [0.2, 0.25) is 0 Å². The minimum absolute atomic E-state index is 0.613. The van der Waals surface area contributed by atoms with Gasteiger partial charge in [-0.05, 0) is 72.3 Å². The van der Waals surface area contributed by atoms with Crippen LogP contribution in [0.15, 0.2) is 140 Å². The molecular formula is C38H23N5. The molecule has 0 atom stereocenters. The molecule has 0 amide bonds. The standard InChI is InChI=1S/C38H23N5/c39-24-25-20-21-34(42-36-18-7-8-19-37(36)43-35-17-6-3-14-31(35)40-38(42)43)30(22-25)26-10-9-11-27(23-26)41-32-15-4-1-12-28(32)29-13-2-5-16-33(29)41/h1-23H. The van der Waals surface area contributed by atoms with Crippen LogP contribution in [-0.2, 0) is 0 Å². The summed E-state index contributed by atoms with van der Waals surface area (Å²) >= 11 is 0. The molecule has 6 aromatic carbocycles. The molecule has 0 saturated heterocycles. The molecule has 0 bridgehead atoms. The zero-order valence-corrected chi connectivity index (χ0v) is 23.0. The first-order chi connectivity index (χ1) is 21.3. The van der Waals surface area contributed by atoms with E-state index in [0.29, 0.717) is 5.56 Å². The maximum atomic E-state index is 9.93. The molecule has 9 aromatic rings. The Kier molecular flexibility index (Phi) is 4.90. The maximum absolute atomic E-state index is 9.93. The van der Waals surface area contributed by atoms with E-state index in [-0.39, 0.29) is 0 Å². The fourth-order valence-corrected chi connectivity index (χ4v) is 6.63. The van der Waals surface area contributed by atoms with Gasteiger partial charge in [0.25, 0.3) is 0 Å². The normalized spacial score (nSPS) is 11.7. The Morgan fingerprint density at radius 3 is 1.93 bits per heavy atom. The minimum Gasteiger partial charge on any atom is -0.309 e. The largest absolute Gasteiger partial charge is 0.309 e. The molecule has 43 heavy (non-hydrogen) atoms. The van der Waals surface area contributed by atoms with Crippen LogP contribution in [0, 0.1) is 11.3 Å². The van der Waals surface area contributed by atoms with Crippen LogP contribution in [-0.4, -0.2) is 18.5 Å². The molecule has 0 N–H and O–H groups in total. The van der Waals surface area contributed by atoms with Crippen molar-refractivity contribution in [3.05, 3.63) is 145 Å². The number of hydrogen-bond acceptors (Lipinski definition) is 2. The summed E-state index contributed by atoms with van der Waals surface area (Å²) in [6, 6.07) is 50.6. The SMILES string of the molecule is N#Cc1ccc(-n2c3ccccc3n3c4ccccc4nc23)c(-c2cccc(-n3c4ccccc4c4ccccc43)c2)c1.